The Morgan fingerprint density at radius 3 is 2.21 bits per heavy atom. The lowest BCUT2D eigenvalue weighted by Gasteiger charge is -2.29. The van der Waals surface area contributed by atoms with E-state index in [0.717, 1.165) is 17.5 Å². The molecule has 1 fully saturated rings. The number of ether oxygens (including phenoxy) is 1. The second-order valence-corrected chi connectivity index (χ2v) is 7.85. The molecule has 0 spiro atoms. The van der Waals surface area contributed by atoms with Crippen LogP contribution in [0.2, 0.25) is 0 Å². The second-order valence-electron chi connectivity index (χ2n) is 7.46. The van der Waals surface area contributed by atoms with E-state index in [9.17, 15) is 14.0 Å². The summed E-state index contributed by atoms with van der Waals surface area (Å²) in [5.41, 5.74) is 3.23. The first-order chi connectivity index (χ1) is 15.9. The van der Waals surface area contributed by atoms with Crippen LogP contribution in [0, 0.1) is 5.82 Å². The molecular weight excluding hydrogens is 439 g/mol. The molecule has 0 bridgehead atoms. The van der Waals surface area contributed by atoms with E-state index in [1.54, 1.807) is 36.4 Å². The van der Waals surface area contributed by atoms with Crippen molar-refractivity contribution in [2.45, 2.75) is 20.0 Å². The molecule has 3 aromatic carbocycles. The summed E-state index contributed by atoms with van der Waals surface area (Å²) in [4.78, 5) is 26.9. The number of thiocarbonyl (C=S) groups is 1. The van der Waals surface area contributed by atoms with Crippen molar-refractivity contribution >= 4 is 40.9 Å². The zero-order valence-electron chi connectivity index (χ0n) is 17.9. The van der Waals surface area contributed by atoms with Crippen molar-refractivity contribution < 1.29 is 18.7 Å². The normalized spacial score (nSPS) is 15.0. The van der Waals surface area contributed by atoms with E-state index in [2.05, 4.69) is 5.32 Å². The molecule has 2 amide bonds. The lowest BCUT2D eigenvalue weighted by molar-refractivity contribution is -0.122. The first-order valence-corrected chi connectivity index (χ1v) is 10.8. The number of hydrogen-bond acceptors (Lipinski definition) is 4. The van der Waals surface area contributed by atoms with E-state index < -0.39 is 11.8 Å². The van der Waals surface area contributed by atoms with E-state index in [4.69, 9.17) is 17.0 Å². The van der Waals surface area contributed by atoms with E-state index in [1.165, 1.54) is 23.1 Å². The van der Waals surface area contributed by atoms with Gasteiger partial charge in [-0.1, -0.05) is 43.3 Å². The maximum atomic E-state index is 13.1. The summed E-state index contributed by atoms with van der Waals surface area (Å²) in [7, 11) is 0. The lowest BCUT2D eigenvalue weighted by atomic mass is 10.1. The van der Waals surface area contributed by atoms with Crippen LogP contribution in [0.3, 0.4) is 0 Å². The van der Waals surface area contributed by atoms with Gasteiger partial charge in [-0.05, 0) is 77.8 Å². The first-order valence-electron chi connectivity index (χ1n) is 10.4. The standard InChI is InChI=1S/C26H21FN2O3S/c1-2-17-5-11-21(12-6-17)29-25(31)23(24(30)28-26(29)33)15-18-7-13-22(14-8-18)32-16-19-3-9-20(27)10-4-19/h3-15H,2,16H2,1H3,(H,28,30,33)/b23-15+. The predicted molar refractivity (Wildman–Crippen MR) is 129 cm³/mol. The highest BCUT2D eigenvalue weighted by Crippen LogP contribution is 2.23. The molecule has 0 unspecified atom stereocenters. The number of anilines is 1. The summed E-state index contributed by atoms with van der Waals surface area (Å²) < 4.78 is 18.7. The van der Waals surface area contributed by atoms with Gasteiger partial charge in [0, 0.05) is 0 Å². The van der Waals surface area contributed by atoms with E-state index in [-0.39, 0.29) is 16.5 Å². The SMILES string of the molecule is CCc1ccc(N2C(=O)/C(=C/c3ccc(OCc4ccc(F)cc4)cc3)C(=O)NC2=S)cc1. The van der Waals surface area contributed by atoms with Gasteiger partial charge in [-0.25, -0.2) is 4.39 Å². The average Bonchev–Trinajstić information content (AvgIpc) is 2.82. The monoisotopic (exact) mass is 460 g/mol. The Hall–Kier alpha value is -3.84. The van der Waals surface area contributed by atoms with Crippen molar-refractivity contribution in [3.8, 4) is 5.75 Å². The Bertz CT molecular complexity index is 1220. The van der Waals surface area contributed by atoms with E-state index >= 15 is 0 Å². The number of hydrogen-bond donors (Lipinski definition) is 1. The molecule has 166 valence electrons. The fraction of sp³-hybridized carbons (Fsp3) is 0.115. The number of amides is 2. The largest absolute Gasteiger partial charge is 0.489 e. The molecule has 1 saturated heterocycles. The van der Waals surface area contributed by atoms with Gasteiger partial charge in [-0.15, -0.1) is 0 Å². The molecule has 3 aromatic rings. The molecule has 5 nitrogen and oxygen atoms in total. The van der Waals surface area contributed by atoms with Gasteiger partial charge in [0.25, 0.3) is 11.8 Å². The first kappa shape index (κ1) is 22.4. The number of rotatable bonds is 6. The highest BCUT2D eigenvalue weighted by Gasteiger charge is 2.34. The second kappa shape index (κ2) is 9.75. The van der Waals surface area contributed by atoms with Crippen LogP contribution in [-0.4, -0.2) is 16.9 Å². The number of benzene rings is 3. The topological polar surface area (TPSA) is 58.6 Å². The van der Waals surface area contributed by atoms with Crippen LogP contribution in [0.15, 0.2) is 78.4 Å². The summed E-state index contributed by atoms with van der Waals surface area (Å²) in [6, 6.07) is 20.5. The molecule has 0 saturated carbocycles. The third kappa shape index (κ3) is 5.15. The van der Waals surface area contributed by atoms with Crippen LogP contribution < -0.4 is 15.0 Å². The van der Waals surface area contributed by atoms with Crippen molar-refractivity contribution in [1.82, 2.24) is 5.32 Å². The summed E-state index contributed by atoms with van der Waals surface area (Å²) in [6.45, 7) is 2.34. The molecule has 1 aliphatic rings. The van der Waals surface area contributed by atoms with Crippen molar-refractivity contribution in [3.05, 3.63) is 101 Å². The van der Waals surface area contributed by atoms with Gasteiger partial charge < -0.3 is 4.74 Å². The molecule has 1 aliphatic heterocycles. The van der Waals surface area contributed by atoms with Gasteiger partial charge in [0.15, 0.2) is 5.11 Å². The average molecular weight is 461 g/mol. The molecule has 1 heterocycles. The zero-order chi connectivity index (χ0) is 23.4. The van der Waals surface area contributed by atoms with Crippen LogP contribution >= 0.6 is 12.2 Å². The van der Waals surface area contributed by atoms with Crippen molar-refractivity contribution in [3.63, 3.8) is 0 Å². The van der Waals surface area contributed by atoms with Gasteiger partial charge in [-0.3, -0.25) is 19.8 Å². The molecule has 0 radical (unpaired) electrons. The minimum atomic E-state index is -0.539. The Morgan fingerprint density at radius 2 is 1.58 bits per heavy atom. The minimum absolute atomic E-state index is 0.0110. The Balaban J connectivity index is 1.50. The molecule has 4 rings (SSSR count). The Kier molecular flexibility index (Phi) is 6.60. The maximum Gasteiger partial charge on any atom is 0.270 e. The third-order valence-electron chi connectivity index (χ3n) is 5.21. The zero-order valence-corrected chi connectivity index (χ0v) is 18.7. The van der Waals surface area contributed by atoms with Crippen molar-refractivity contribution in [2.75, 3.05) is 4.90 Å². The number of aryl methyl sites for hydroxylation is 1. The summed E-state index contributed by atoms with van der Waals surface area (Å²) >= 11 is 5.24. The highest BCUT2D eigenvalue weighted by molar-refractivity contribution is 7.80. The van der Waals surface area contributed by atoms with Crippen molar-refractivity contribution in [2.24, 2.45) is 0 Å². The Labute approximate surface area is 196 Å². The fourth-order valence-corrected chi connectivity index (χ4v) is 3.63. The number of carbonyl (C=O) groups excluding carboxylic acids is 2. The van der Waals surface area contributed by atoms with Crippen molar-refractivity contribution in [1.29, 1.82) is 0 Å². The molecule has 1 N–H and O–H groups in total. The van der Waals surface area contributed by atoms with Gasteiger partial charge >= 0.3 is 0 Å². The Morgan fingerprint density at radius 1 is 0.939 bits per heavy atom. The predicted octanol–water partition coefficient (Wildman–Crippen LogP) is 4.80. The minimum Gasteiger partial charge on any atom is -0.489 e. The van der Waals surface area contributed by atoms with E-state index in [1.807, 2.05) is 31.2 Å². The molecule has 0 aromatic heterocycles. The van der Waals surface area contributed by atoms with Crippen LogP contribution in [-0.2, 0) is 22.6 Å². The smallest absolute Gasteiger partial charge is 0.270 e. The molecular formula is C26H21FN2O3S. The van der Waals surface area contributed by atoms with Crippen LogP contribution in [0.4, 0.5) is 10.1 Å². The summed E-state index contributed by atoms with van der Waals surface area (Å²) in [5.74, 6) is -0.706. The molecule has 0 atom stereocenters. The van der Waals surface area contributed by atoms with Gasteiger partial charge in [-0.2, -0.15) is 0 Å². The van der Waals surface area contributed by atoms with Crippen LogP contribution in [0.5, 0.6) is 5.75 Å². The van der Waals surface area contributed by atoms with Gasteiger partial charge in [0.2, 0.25) is 0 Å². The number of halogens is 1. The third-order valence-corrected chi connectivity index (χ3v) is 5.50. The highest BCUT2D eigenvalue weighted by atomic mass is 32.1. The quantitative estimate of drug-likeness (QED) is 0.326. The van der Waals surface area contributed by atoms with Gasteiger partial charge in [0.05, 0.1) is 5.69 Å². The molecule has 33 heavy (non-hydrogen) atoms. The fourth-order valence-electron chi connectivity index (χ4n) is 3.35. The maximum absolute atomic E-state index is 13.1. The van der Waals surface area contributed by atoms with Gasteiger partial charge in [0.1, 0.15) is 23.7 Å². The number of nitrogens with one attached hydrogen (secondary N) is 1. The lowest BCUT2D eigenvalue weighted by Crippen LogP contribution is -2.54. The summed E-state index contributed by atoms with van der Waals surface area (Å²) in [6.07, 6.45) is 2.40. The summed E-state index contributed by atoms with van der Waals surface area (Å²) in [5, 5.41) is 2.64. The number of nitrogens with zero attached hydrogens (tertiary/aromatic N) is 1. The van der Waals surface area contributed by atoms with Crippen LogP contribution in [0.25, 0.3) is 6.08 Å². The van der Waals surface area contributed by atoms with E-state index in [0.29, 0.717) is 23.6 Å². The molecule has 0 aliphatic carbocycles. The number of carbonyl (C=O) groups is 2. The molecule has 7 heteroatoms. The van der Waals surface area contributed by atoms with Crippen LogP contribution in [0.1, 0.15) is 23.6 Å².